The van der Waals surface area contributed by atoms with Crippen molar-refractivity contribution >= 4 is 46.1 Å². The molecule has 2 heterocycles. The molecule has 0 saturated heterocycles. The number of thiophene rings is 1. The van der Waals surface area contributed by atoms with Crippen LogP contribution in [0.15, 0.2) is 29.0 Å². The van der Waals surface area contributed by atoms with Crippen LogP contribution in [0.5, 0.6) is 0 Å². The molecule has 0 saturated carbocycles. The van der Waals surface area contributed by atoms with E-state index in [-0.39, 0.29) is 12.5 Å². The van der Waals surface area contributed by atoms with E-state index in [0.29, 0.717) is 21.6 Å². The Balaban J connectivity index is 1.72. The molecule has 0 aliphatic heterocycles. The summed E-state index contributed by atoms with van der Waals surface area (Å²) in [6.45, 7) is 1.75. The molecule has 0 fully saturated rings. The molecule has 6 nitrogen and oxygen atoms in total. The maximum absolute atomic E-state index is 12.1. The molecule has 0 unspecified atom stereocenters. The molecule has 1 amide bonds. The summed E-state index contributed by atoms with van der Waals surface area (Å²) in [6.07, 6.45) is 0. The molecule has 0 aliphatic rings. The molecule has 0 radical (unpaired) electrons. The van der Waals surface area contributed by atoms with E-state index in [2.05, 4.69) is 20.7 Å². The Kier molecular flexibility index (Phi) is 4.61. The highest BCUT2D eigenvalue weighted by atomic mass is 35.5. The molecule has 0 spiro atoms. The van der Waals surface area contributed by atoms with Gasteiger partial charge in [0, 0.05) is 10.9 Å². The summed E-state index contributed by atoms with van der Waals surface area (Å²) in [7, 11) is 0. The highest BCUT2D eigenvalue weighted by Crippen LogP contribution is 2.32. The number of benzene rings is 1. The largest absolute Gasteiger partial charge is 0.322 e. The van der Waals surface area contributed by atoms with E-state index in [1.807, 2.05) is 23.8 Å². The number of hydrogen-bond donors (Lipinski definition) is 1. The fourth-order valence-electron chi connectivity index (χ4n) is 1.90. The normalized spacial score (nSPS) is 10.7. The zero-order valence-corrected chi connectivity index (χ0v) is 14.3. The van der Waals surface area contributed by atoms with Crippen molar-refractivity contribution in [3.05, 3.63) is 44.6 Å². The number of hydrogen-bond acceptors (Lipinski definition) is 5. The minimum absolute atomic E-state index is 0.0856. The number of aromatic nitrogens is 4. The molecule has 9 heteroatoms. The smallest absolute Gasteiger partial charge is 0.248 e. The number of nitrogens with zero attached hydrogens (tertiary/aromatic N) is 4. The first-order chi connectivity index (χ1) is 11.0. The van der Waals surface area contributed by atoms with Crippen molar-refractivity contribution in [1.82, 2.24) is 20.2 Å². The molecule has 0 aliphatic carbocycles. The van der Waals surface area contributed by atoms with Crippen LogP contribution in [-0.2, 0) is 11.3 Å². The third-order valence-electron chi connectivity index (χ3n) is 3.07. The molecular formula is C14H11Cl2N5OS. The molecule has 23 heavy (non-hydrogen) atoms. The molecule has 2 aromatic heterocycles. The van der Waals surface area contributed by atoms with Crippen molar-refractivity contribution in [2.24, 2.45) is 0 Å². The van der Waals surface area contributed by atoms with Crippen molar-refractivity contribution < 1.29 is 4.79 Å². The maximum Gasteiger partial charge on any atom is 0.248 e. The summed E-state index contributed by atoms with van der Waals surface area (Å²) in [6, 6.07) is 5.35. The number of halogens is 2. The number of rotatable bonds is 4. The van der Waals surface area contributed by atoms with Crippen LogP contribution < -0.4 is 5.32 Å². The Morgan fingerprint density at radius 3 is 2.91 bits per heavy atom. The first-order valence-electron chi connectivity index (χ1n) is 6.59. The van der Waals surface area contributed by atoms with Gasteiger partial charge in [0.05, 0.1) is 15.7 Å². The average Bonchev–Trinajstić information content (AvgIpc) is 3.18. The monoisotopic (exact) mass is 367 g/mol. The summed E-state index contributed by atoms with van der Waals surface area (Å²) in [5.74, 6) is 0.138. The minimum Gasteiger partial charge on any atom is -0.322 e. The Labute approximate surface area is 146 Å². The predicted octanol–water partition coefficient (Wildman–Crippen LogP) is 3.66. The maximum atomic E-state index is 12.1. The Morgan fingerprint density at radius 1 is 1.35 bits per heavy atom. The van der Waals surface area contributed by atoms with Gasteiger partial charge in [-0.25, -0.2) is 0 Å². The van der Waals surface area contributed by atoms with Crippen LogP contribution in [-0.4, -0.2) is 26.1 Å². The van der Waals surface area contributed by atoms with E-state index in [1.165, 1.54) is 16.1 Å². The van der Waals surface area contributed by atoms with Gasteiger partial charge in [-0.3, -0.25) is 4.79 Å². The minimum atomic E-state index is -0.339. The van der Waals surface area contributed by atoms with Crippen LogP contribution in [0.4, 0.5) is 5.69 Å². The fraction of sp³-hybridized carbons (Fsp3) is 0.143. The van der Waals surface area contributed by atoms with Gasteiger partial charge in [0.25, 0.3) is 0 Å². The van der Waals surface area contributed by atoms with E-state index in [4.69, 9.17) is 23.2 Å². The van der Waals surface area contributed by atoms with Crippen LogP contribution in [0.2, 0.25) is 10.0 Å². The van der Waals surface area contributed by atoms with Crippen molar-refractivity contribution in [2.75, 3.05) is 5.32 Å². The molecule has 118 valence electrons. The van der Waals surface area contributed by atoms with Crippen LogP contribution in [0.25, 0.3) is 11.4 Å². The lowest BCUT2D eigenvalue weighted by Crippen LogP contribution is -2.21. The number of anilines is 1. The summed E-state index contributed by atoms with van der Waals surface area (Å²) >= 11 is 13.8. The van der Waals surface area contributed by atoms with E-state index in [9.17, 15) is 4.79 Å². The summed E-state index contributed by atoms with van der Waals surface area (Å²) in [5.41, 5.74) is 2.08. The molecule has 0 bridgehead atoms. The van der Waals surface area contributed by atoms with E-state index in [0.717, 1.165) is 11.1 Å². The molecule has 3 aromatic rings. The van der Waals surface area contributed by atoms with Gasteiger partial charge in [0.2, 0.25) is 11.7 Å². The van der Waals surface area contributed by atoms with Gasteiger partial charge in [-0.05, 0) is 35.2 Å². The van der Waals surface area contributed by atoms with Crippen LogP contribution >= 0.6 is 34.5 Å². The SMILES string of the molecule is Cc1ccc(Cl)c(NC(=O)Cn2nnc(-c3ccsc3)n2)c1Cl. The van der Waals surface area contributed by atoms with Gasteiger partial charge >= 0.3 is 0 Å². The standard InChI is InChI=1S/C14H11Cl2N5OS/c1-8-2-3-10(15)13(12(8)16)17-11(22)6-21-19-14(18-20-21)9-4-5-23-7-9/h2-5,7H,6H2,1H3,(H,17,22). The van der Waals surface area contributed by atoms with Crippen molar-refractivity contribution in [1.29, 1.82) is 0 Å². The van der Waals surface area contributed by atoms with Gasteiger partial charge in [0.15, 0.2) is 0 Å². The first-order valence-corrected chi connectivity index (χ1v) is 8.29. The Morgan fingerprint density at radius 2 is 2.17 bits per heavy atom. The molecule has 3 rings (SSSR count). The number of aryl methyl sites for hydroxylation is 1. The van der Waals surface area contributed by atoms with Crippen LogP contribution in [0, 0.1) is 6.92 Å². The van der Waals surface area contributed by atoms with E-state index in [1.54, 1.807) is 12.1 Å². The lowest BCUT2D eigenvalue weighted by molar-refractivity contribution is -0.117. The number of carbonyl (C=O) groups excluding carboxylic acids is 1. The lowest BCUT2D eigenvalue weighted by atomic mass is 10.2. The van der Waals surface area contributed by atoms with Gasteiger partial charge in [-0.1, -0.05) is 29.3 Å². The summed E-state index contributed by atoms with van der Waals surface area (Å²) in [5, 5.41) is 19.3. The van der Waals surface area contributed by atoms with Crippen molar-refractivity contribution in [3.8, 4) is 11.4 Å². The second-order valence-electron chi connectivity index (χ2n) is 4.76. The van der Waals surface area contributed by atoms with Crippen LogP contribution in [0.1, 0.15) is 5.56 Å². The van der Waals surface area contributed by atoms with Crippen molar-refractivity contribution in [2.45, 2.75) is 13.5 Å². The third-order valence-corrected chi connectivity index (χ3v) is 4.55. The second kappa shape index (κ2) is 6.66. The molecule has 0 atom stereocenters. The second-order valence-corrected chi connectivity index (χ2v) is 6.32. The molecular weight excluding hydrogens is 357 g/mol. The average molecular weight is 368 g/mol. The quantitative estimate of drug-likeness (QED) is 0.763. The van der Waals surface area contributed by atoms with Gasteiger partial charge in [-0.2, -0.15) is 16.1 Å². The van der Waals surface area contributed by atoms with Gasteiger partial charge in [0.1, 0.15) is 6.54 Å². The van der Waals surface area contributed by atoms with Crippen LogP contribution in [0.3, 0.4) is 0 Å². The number of tetrazole rings is 1. The van der Waals surface area contributed by atoms with Crippen molar-refractivity contribution in [3.63, 3.8) is 0 Å². The Bertz CT molecular complexity index is 847. The first kappa shape index (κ1) is 15.9. The van der Waals surface area contributed by atoms with E-state index >= 15 is 0 Å². The highest BCUT2D eigenvalue weighted by molar-refractivity contribution is 7.08. The zero-order valence-electron chi connectivity index (χ0n) is 12.0. The third kappa shape index (κ3) is 3.52. The Hall–Kier alpha value is -1.96. The summed E-state index contributed by atoms with van der Waals surface area (Å²) < 4.78 is 0. The zero-order chi connectivity index (χ0) is 16.4. The molecule has 1 N–H and O–H groups in total. The molecule has 1 aromatic carbocycles. The predicted molar refractivity (Wildman–Crippen MR) is 91.0 cm³/mol. The van der Waals surface area contributed by atoms with Gasteiger partial charge < -0.3 is 5.32 Å². The lowest BCUT2D eigenvalue weighted by Gasteiger charge is -2.10. The number of amides is 1. The van der Waals surface area contributed by atoms with Gasteiger partial charge in [-0.15, -0.1) is 10.2 Å². The topological polar surface area (TPSA) is 72.7 Å². The summed E-state index contributed by atoms with van der Waals surface area (Å²) in [4.78, 5) is 13.4. The number of nitrogens with one attached hydrogen (secondary N) is 1. The fourth-order valence-corrected chi connectivity index (χ4v) is 3.00. The highest BCUT2D eigenvalue weighted by Gasteiger charge is 2.14. The number of carbonyl (C=O) groups is 1. The van der Waals surface area contributed by atoms with E-state index < -0.39 is 0 Å².